The van der Waals surface area contributed by atoms with Gasteiger partial charge in [-0.05, 0) is 29.8 Å². The lowest BCUT2D eigenvalue weighted by Gasteiger charge is -2.10. The summed E-state index contributed by atoms with van der Waals surface area (Å²) in [5.74, 6) is 0.869. The van der Waals surface area contributed by atoms with Crippen LogP contribution in [-0.2, 0) is 22.7 Å². The van der Waals surface area contributed by atoms with Crippen molar-refractivity contribution >= 4 is 12.0 Å². The number of hydrogen-bond acceptors (Lipinski definition) is 5. The molecule has 0 bridgehead atoms. The number of ether oxygens (including phenoxy) is 3. The van der Waals surface area contributed by atoms with Gasteiger partial charge in [-0.2, -0.15) is 5.10 Å². The summed E-state index contributed by atoms with van der Waals surface area (Å²) in [4.78, 5) is 12.0. The molecule has 144 valence electrons. The van der Waals surface area contributed by atoms with Crippen LogP contribution in [0.2, 0.25) is 0 Å². The zero-order valence-corrected chi connectivity index (χ0v) is 15.9. The molecule has 1 heterocycles. The zero-order valence-electron chi connectivity index (χ0n) is 15.9. The Morgan fingerprint density at radius 3 is 2.68 bits per heavy atom. The van der Waals surface area contributed by atoms with Crippen molar-refractivity contribution < 1.29 is 19.0 Å². The maximum absolute atomic E-state index is 12.0. The molecular formula is C22H22N2O4. The smallest absolute Gasteiger partial charge is 0.331 e. The molecule has 0 aliphatic heterocycles. The van der Waals surface area contributed by atoms with E-state index in [4.69, 9.17) is 14.2 Å². The van der Waals surface area contributed by atoms with Crippen LogP contribution in [-0.4, -0.2) is 30.0 Å². The minimum absolute atomic E-state index is 0.0941. The normalized spacial score (nSPS) is 10.8. The molecule has 3 aromatic rings. The van der Waals surface area contributed by atoms with Crippen molar-refractivity contribution in [3.63, 3.8) is 0 Å². The van der Waals surface area contributed by atoms with E-state index in [9.17, 15) is 4.79 Å². The Balaban J connectivity index is 1.56. The summed E-state index contributed by atoms with van der Waals surface area (Å²) >= 11 is 0. The monoisotopic (exact) mass is 378 g/mol. The Labute approximate surface area is 164 Å². The maximum atomic E-state index is 12.0. The van der Waals surface area contributed by atoms with E-state index in [0.717, 1.165) is 16.7 Å². The molecule has 0 saturated heterocycles. The van der Waals surface area contributed by atoms with Gasteiger partial charge in [0.25, 0.3) is 0 Å². The van der Waals surface area contributed by atoms with Crippen molar-refractivity contribution in [3.8, 4) is 11.5 Å². The summed E-state index contributed by atoms with van der Waals surface area (Å²) < 4.78 is 17.6. The quantitative estimate of drug-likeness (QED) is 0.442. The molecule has 0 aliphatic rings. The molecule has 0 N–H and O–H groups in total. The zero-order chi connectivity index (χ0) is 19.8. The van der Waals surface area contributed by atoms with Gasteiger partial charge in [0.1, 0.15) is 18.1 Å². The minimum Gasteiger partial charge on any atom is -0.497 e. The van der Waals surface area contributed by atoms with Gasteiger partial charge in [0.2, 0.25) is 0 Å². The molecule has 0 spiro atoms. The molecule has 6 heteroatoms. The average Bonchev–Trinajstić information content (AvgIpc) is 3.18. The number of esters is 1. The van der Waals surface area contributed by atoms with Gasteiger partial charge in [0, 0.05) is 23.4 Å². The number of methoxy groups -OCH3 is 2. The lowest BCUT2D eigenvalue weighted by Crippen LogP contribution is -2.02. The van der Waals surface area contributed by atoms with Gasteiger partial charge in [-0.1, -0.05) is 30.3 Å². The maximum Gasteiger partial charge on any atom is 0.331 e. The summed E-state index contributed by atoms with van der Waals surface area (Å²) in [6.07, 6.45) is 6.65. The highest BCUT2D eigenvalue weighted by atomic mass is 16.5. The first kappa shape index (κ1) is 19.2. The molecule has 0 atom stereocenters. The Morgan fingerprint density at radius 1 is 1.11 bits per heavy atom. The van der Waals surface area contributed by atoms with E-state index in [1.54, 1.807) is 44.7 Å². The third kappa shape index (κ3) is 5.23. The molecule has 1 aromatic heterocycles. The van der Waals surface area contributed by atoms with Crippen LogP contribution in [0.25, 0.3) is 6.08 Å². The minimum atomic E-state index is -0.444. The molecule has 0 saturated carbocycles. The molecule has 0 unspecified atom stereocenters. The second-order valence-electron chi connectivity index (χ2n) is 6.08. The van der Waals surface area contributed by atoms with Gasteiger partial charge in [-0.25, -0.2) is 4.79 Å². The first-order chi connectivity index (χ1) is 13.7. The van der Waals surface area contributed by atoms with Crippen LogP contribution < -0.4 is 9.47 Å². The van der Waals surface area contributed by atoms with Gasteiger partial charge < -0.3 is 14.2 Å². The third-order valence-corrected chi connectivity index (χ3v) is 4.11. The molecule has 2 aromatic carbocycles. The highest BCUT2D eigenvalue weighted by Crippen LogP contribution is 2.24. The summed E-state index contributed by atoms with van der Waals surface area (Å²) in [6.45, 7) is 0.769. The number of hydrogen-bond donors (Lipinski definition) is 0. The molecule has 0 aliphatic carbocycles. The van der Waals surface area contributed by atoms with Crippen LogP contribution in [0.4, 0.5) is 0 Å². The molecular weight excluding hydrogens is 356 g/mol. The van der Waals surface area contributed by atoms with Crippen molar-refractivity contribution in [2.24, 2.45) is 0 Å². The topological polar surface area (TPSA) is 62.6 Å². The van der Waals surface area contributed by atoms with E-state index in [-0.39, 0.29) is 6.61 Å². The summed E-state index contributed by atoms with van der Waals surface area (Å²) in [5.41, 5.74) is 2.72. The number of benzene rings is 2. The van der Waals surface area contributed by atoms with Crippen LogP contribution >= 0.6 is 0 Å². The summed E-state index contributed by atoms with van der Waals surface area (Å²) in [5, 5.41) is 4.31. The first-order valence-electron chi connectivity index (χ1n) is 8.80. The SMILES string of the molecule is COc1ccc(OC)c(COC(=O)/C=C/c2cnn(Cc3ccccc3)c2)c1. The number of carbonyl (C=O) groups is 1. The summed E-state index contributed by atoms with van der Waals surface area (Å²) in [6, 6.07) is 15.4. The van der Waals surface area contributed by atoms with Crippen molar-refractivity contribution in [1.29, 1.82) is 0 Å². The lowest BCUT2D eigenvalue weighted by atomic mass is 10.2. The Bertz CT molecular complexity index is 948. The predicted octanol–water partition coefficient (Wildman–Crippen LogP) is 3.71. The van der Waals surface area contributed by atoms with Crippen molar-refractivity contribution in [2.45, 2.75) is 13.2 Å². The second kappa shape index (κ2) is 9.41. The van der Waals surface area contributed by atoms with Gasteiger partial charge in [-0.15, -0.1) is 0 Å². The van der Waals surface area contributed by atoms with E-state index in [0.29, 0.717) is 18.0 Å². The first-order valence-corrected chi connectivity index (χ1v) is 8.80. The number of rotatable bonds is 8. The number of aromatic nitrogens is 2. The number of carbonyl (C=O) groups excluding carboxylic acids is 1. The molecule has 0 radical (unpaired) electrons. The average molecular weight is 378 g/mol. The van der Waals surface area contributed by atoms with Gasteiger partial charge in [0.05, 0.1) is 27.0 Å². The van der Waals surface area contributed by atoms with E-state index < -0.39 is 5.97 Å². The highest BCUT2D eigenvalue weighted by Gasteiger charge is 2.07. The molecule has 6 nitrogen and oxygen atoms in total. The van der Waals surface area contributed by atoms with Crippen molar-refractivity contribution in [2.75, 3.05) is 14.2 Å². The van der Waals surface area contributed by atoms with Crippen LogP contribution in [0.3, 0.4) is 0 Å². The van der Waals surface area contributed by atoms with Crippen molar-refractivity contribution in [3.05, 3.63) is 83.7 Å². The number of nitrogens with zero attached hydrogens (tertiary/aromatic N) is 2. The van der Waals surface area contributed by atoms with Gasteiger partial charge in [-0.3, -0.25) is 4.68 Å². The van der Waals surface area contributed by atoms with Crippen LogP contribution in [0.1, 0.15) is 16.7 Å². The molecule has 3 rings (SSSR count). The fourth-order valence-corrected chi connectivity index (χ4v) is 2.68. The third-order valence-electron chi connectivity index (χ3n) is 4.11. The van der Waals surface area contributed by atoms with Crippen LogP contribution in [0, 0.1) is 0 Å². The van der Waals surface area contributed by atoms with E-state index in [1.807, 2.05) is 41.2 Å². The van der Waals surface area contributed by atoms with Gasteiger partial charge in [0.15, 0.2) is 0 Å². The van der Waals surface area contributed by atoms with E-state index in [2.05, 4.69) is 5.10 Å². The van der Waals surface area contributed by atoms with Crippen molar-refractivity contribution in [1.82, 2.24) is 9.78 Å². The Hall–Kier alpha value is -3.54. The fraction of sp³-hybridized carbons (Fsp3) is 0.182. The van der Waals surface area contributed by atoms with Crippen LogP contribution in [0.5, 0.6) is 11.5 Å². The molecule has 0 amide bonds. The van der Waals surface area contributed by atoms with Crippen LogP contribution in [0.15, 0.2) is 67.0 Å². The predicted molar refractivity (Wildman–Crippen MR) is 106 cm³/mol. The lowest BCUT2D eigenvalue weighted by molar-refractivity contribution is -0.138. The Kier molecular flexibility index (Phi) is 6.46. The standard InChI is InChI=1S/C22H22N2O4/c1-26-20-9-10-21(27-2)19(12-20)16-28-22(25)11-8-18-13-23-24(15-18)14-17-6-4-3-5-7-17/h3-13,15H,14,16H2,1-2H3/b11-8+. The summed E-state index contributed by atoms with van der Waals surface area (Å²) in [7, 11) is 3.15. The second-order valence-corrected chi connectivity index (χ2v) is 6.08. The Morgan fingerprint density at radius 2 is 1.93 bits per heavy atom. The van der Waals surface area contributed by atoms with Gasteiger partial charge >= 0.3 is 5.97 Å². The van der Waals surface area contributed by atoms with E-state index in [1.165, 1.54) is 6.08 Å². The highest BCUT2D eigenvalue weighted by molar-refractivity contribution is 5.86. The largest absolute Gasteiger partial charge is 0.497 e. The molecule has 28 heavy (non-hydrogen) atoms. The fourth-order valence-electron chi connectivity index (χ4n) is 2.68. The van der Waals surface area contributed by atoms with E-state index >= 15 is 0 Å². The molecule has 0 fully saturated rings.